The molecule has 2 aromatic carbocycles. The van der Waals surface area contributed by atoms with Gasteiger partial charge in [0.15, 0.2) is 0 Å². The molecule has 0 aromatic heterocycles. The van der Waals surface area contributed by atoms with E-state index in [9.17, 15) is 9.59 Å². The molecule has 2 N–H and O–H groups in total. The monoisotopic (exact) mass is 512 g/mol. The van der Waals surface area contributed by atoms with E-state index in [1.165, 1.54) is 28.7 Å². The second-order valence-corrected chi connectivity index (χ2v) is 11.9. The van der Waals surface area contributed by atoms with Gasteiger partial charge >= 0.3 is 0 Å². The first-order valence-corrected chi connectivity index (χ1v) is 12.5. The molecule has 0 unspecified atom stereocenters. The maximum atomic E-state index is 12.1. The molecule has 4 rings (SSSR count). The Hall–Kier alpha value is -2.05. The van der Waals surface area contributed by atoms with Gasteiger partial charge in [-0.1, -0.05) is 33.8 Å². The summed E-state index contributed by atoms with van der Waals surface area (Å²) in [5, 5.41) is 5.33. The van der Waals surface area contributed by atoms with Crippen LogP contribution < -0.4 is 10.6 Å². The van der Waals surface area contributed by atoms with Crippen molar-refractivity contribution in [1.29, 1.82) is 0 Å². The molecule has 2 amide bonds. The highest BCUT2D eigenvalue weighted by Crippen LogP contribution is 2.48. The van der Waals surface area contributed by atoms with Gasteiger partial charge in [-0.25, -0.2) is 0 Å². The van der Waals surface area contributed by atoms with E-state index >= 15 is 0 Å². The zero-order valence-corrected chi connectivity index (χ0v) is 21.8. The second-order valence-electron chi connectivity index (χ2n) is 10.0. The number of carbonyl (C=O) groups excluding carboxylic acids is 2. The van der Waals surface area contributed by atoms with E-state index < -0.39 is 0 Å². The van der Waals surface area contributed by atoms with E-state index in [0.717, 1.165) is 39.5 Å². The van der Waals surface area contributed by atoms with Crippen molar-refractivity contribution in [3.63, 3.8) is 0 Å². The lowest BCUT2D eigenvalue weighted by atomic mass is 9.62. The number of benzene rings is 2. The summed E-state index contributed by atoms with van der Waals surface area (Å²) in [4.78, 5) is 24.0. The number of thioether (sulfide) groups is 1. The van der Waals surface area contributed by atoms with Gasteiger partial charge in [-0.05, 0) is 110 Å². The number of halogens is 1. The average Bonchev–Trinajstić information content (AvgIpc) is 3.01. The molecule has 32 heavy (non-hydrogen) atoms. The number of anilines is 1. The van der Waals surface area contributed by atoms with Gasteiger partial charge in [0.2, 0.25) is 0 Å². The number of aryl methyl sites for hydroxylation is 1. The lowest BCUT2D eigenvalue weighted by Crippen LogP contribution is -2.34. The van der Waals surface area contributed by atoms with Gasteiger partial charge in [-0.2, -0.15) is 0 Å². The predicted octanol–water partition coefficient (Wildman–Crippen LogP) is 7.14. The minimum Gasteiger partial charge on any atom is -0.387 e. The van der Waals surface area contributed by atoms with Gasteiger partial charge < -0.3 is 5.32 Å². The van der Waals surface area contributed by atoms with Crippen LogP contribution in [0.1, 0.15) is 62.8 Å². The van der Waals surface area contributed by atoms with Crippen LogP contribution in [0.3, 0.4) is 0 Å². The van der Waals surface area contributed by atoms with Crippen molar-refractivity contribution in [1.82, 2.24) is 5.32 Å². The third kappa shape index (κ3) is 4.03. The number of nitrogens with one attached hydrogen (secondary N) is 2. The van der Waals surface area contributed by atoms with Crippen molar-refractivity contribution >= 4 is 50.6 Å². The minimum absolute atomic E-state index is 0.114. The maximum absolute atomic E-state index is 12.1. The molecule has 0 spiro atoms. The first-order chi connectivity index (χ1) is 14.9. The topological polar surface area (TPSA) is 58.2 Å². The summed E-state index contributed by atoms with van der Waals surface area (Å²) in [7, 11) is 1.92. The zero-order valence-electron chi connectivity index (χ0n) is 19.4. The van der Waals surface area contributed by atoms with Crippen LogP contribution in [0.2, 0.25) is 0 Å². The van der Waals surface area contributed by atoms with Crippen molar-refractivity contribution in [2.75, 3.05) is 12.4 Å². The van der Waals surface area contributed by atoms with Crippen LogP contribution >= 0.6 is 27.7 Å². The highest BCUT2D eigenvalue weighted by Gasteiger charge is 2.37. The Morgan fingerprint density at radius 3 is 2.19 bits per heavy atom. The van der Waals surface area contributed by atoms with Crippen LogP contribution in [-0.4, -0.2) is 18.2 Å². The van der Waals surface area contributed by atoms with Crippen molar-refractivity contribution in [2.24, 2.45) is 0 Å². The molecule has 0 radical (unpaired) electrons. The first-order valence-electron chi connectivity index (χ1n) is 10.8. The van der Waals surface area contributed by atoms with Gasteiger partial charge in [-0.15, -0.1) is 0 Å². The van der Waals surface area contributed by atoms with Crippen LogP contribution in [0.25, 0.3) is 17.2 Å². The van der Waals surface area contributed by atoms with Gasteiger partial charge in [0, 0.05) is 17.1 Å². The zero-order chi connectivity index (χ0) is 23.4. The second kappa shape index (κ2) is 8.07. The van der Waals surface area contributed by atoms with E-state index in [-0.39, 0.29) is 22.0 Å². The summed E-state index contributed by atoms with van der Waals surface area (Å²) in [6.45, 7) is 11.5. The molecule has 168 valence electrons. The average molecular weight is 514 g/mol. The van der Waals surface area contributed by atoms with Crippen molar-refractivity contribution in [3.05, 3.63) is 55.9 Å². The van der Waals surface area contributed by atoms with E-state index in [2.05, 4.69) is 79.4 Å². The van der Waals surface area contributed by atoms with Crippen LogP contribution in [0, 0.1) is 6.92 Å². The Balaban J connectivity index is 1.92. The fraction of sp³-hybridized carbons (Fsp3) is 0.385. The first kappa shape index (κ1) is 23.1. The Labute approximate surface area is 202 Å². The maximum Gasteiger partial charge on any atom is 0.290 e. The smallest absolute Gasteiger partial charge is 0.290 e. The van der Waals surface area contributed by atoms with Crippen molar-refractivity contribution < 1.29 is 9.59 Å². The van der Waals surface area contributed by atoms with Crippen LogP contribution in [0.15, 0.2) is 33.6 Å². The summed E-state index contributed by atoms with van der Waals surface area (Å²) in [6.07, 6.45) is 4.12. The van der Waals surface area contributed by atoms with Gasteiger partial charge in [0.05, 0.1) is 10.6 Å². The molecule has 1 fully saturated rings. The van der Waals surface area contributed by atoms with Crippen LogP contribution in [0.4, 0.5) is 10.5 Å². The molecule has 6 heteroatoms. The fourth-order valence-electron chi connectivity index (χ4n) is 4.76. The molecule has 1 aliphatic heterocycles. The van der Waals surface area contributed by atoms with Gasteiger partial charge in [0.1, 0.15) is 0 Å². The lowest BCUT2D eigenvalue weighted by Gasteiger charge is -2.42. The fourth-order valence-corrected chi connectivity index (χ4v) is 6.12. The normalized spacial score (nSPS) is 20.3. The molecule has 2 aliphatic rings. The minimum atomic E-state index is -0.343. The summed E-state index contributed by atoms with van der Waals surface area (Å²) in [5.74, 6) is -0.343. The third-order valence-electron chi connectivity index (χ3n) is 6.79. The molecule has 1 aliphatic carbocycles. The lowest BCUT2D eigenvalue weighted by molar-refractivity contribution is -0.115. The summed E-state index contributed by atoms with van der Waals surface area (Å²) in [6, 6.07) is 8.80. The van der Waals surface area contributed by atoms with Gasteiger partial charge in [-0.3, -0.25) is 14.9 Å². The summed E-state index contributed by atoms with van der Waals surface area (Å²) in [5.41, 5.74) is 8.48. The molecule has 0 atom stereocenters. The number of fused-ring (bicyclic) bond motifs is 1. The van der Waals surface area contributed by atoms with Gasteiger partial charge in [0.25, 0.3) is 11.1 Å². The van der Waals surface area contributed by atoms with Crippen molar-refractivity contribution in [3.8, 4) is 11.1 Å². The number of imide groups is 1. The SMILES string of the molecule is CNc1c(Br)cc(/C=C2\SC(=O)NC2=O)cc1-c1cc2c(cc1C)C(C)(C)CCC2(C)C. The van der Waals surface area contributed by atoms with E-state index in [1.807, 2.05) is 13.1 Å². The predicted molar refractivity (Wildman–Crippen MR) is 138 cm³/mol. The summed E-state index contributed by atoms with van der Waals surface area (Å²) < 4.78 is 0.913. The van der Waals surface area contributed by atoms with E-state index in [0.29, 0.717) is 4.91 Å². The molecule has 0 bridgehead atoms. The third-order valence-corrected chi connectivity index (χ3v) is 8.23. The quantitative estimate of drug-likeness (QED) is 0.429. The standard InChI is InChI=1S/C26H29BrN2O2S/c1-14-9-18-19(26(4,5)8-7-25(18,2)3)13-16(14)17-10-15(11-20(27)22(17)28-6)12-21-23(30)29-24(31)32-21/h9-13,28H,7-8H2,1-6H3,(H,29,30,31)/b21-12-. The number of hydrogen-bond acceptors (Lipinski definition) is 4. The Morgan fingerprint density at radius 1 is 1.00 bits per heavy atom. The molecule has 4 nitrogen and oxygen atoms in total. The Bertz CT molecular complexity index is 1180. The van der Waals surface area contributed by atoms with E-state index in [4.69, 9.17) is 0 Å². The Kier molecular flexibility index (Phi) is 5.83. The van der Waals surface area contributed by atoms with Crippen molar-refractivity contribution in [2.45, 2.75) is 58.3 Å². The Morgan fingerprint density at radius 2 is 1.62 bits per heavy atom. The molecular formula is C26H29BrN2O2S. The highest BCUT2D eigenvalue weighted by atomic mass is 79.9. The van der Waals surface area contributed by atoms with E-state index in [1.54, 1.807) is 6.08 Å². The molecule has 0 saturated carbocycles. The number of hydrogen-bond donors (Lipinski definition) is 2. The largest absolute Gasteiger partial charge is 0.387 e. The summed E-state index contributed by atoms with van der Waals surface area (Å²) >= 11 is 4.64. The number of rotatable bonds is 3. The number of carbonyl (C=O) groups is 2. The van der Waals surface area contributed by atoms with Crippen LogP contribution in [0.5, 0.6) is 0 Å². The molecule has 1 saturated heterocycles. The molecular weight excluding hydrogens is 484 g/mol. The number of amides is 2. The van der Waals surface area contributed by atoms with Crippen LogP contribution in [-0.2, 0) is 15.6 Å². The molecule has 2 aromatic rings. The molecule has 1 heterocycles. The highest BCUT2D eigenvalue weighted by molar-refractivity contribution is 9.10.